The molecule has 1 heterocycles. The molecule has 21 heavy (non-hydrogen) atoms. The maximum absolute atomic E-state index is 13.7. The van der Waals surface area contributed by atoms with E-state index < -0.39 is 17.2 Å². The first kappa shape index (κ1) is 14.9. The van der Waals surface area contributed by atoms with E-state index >= 15 is 0 Å². The van der Waals surface area contributed by atoms with Gasteiger partial charge in [-0.05, 0) is 47.1 Å². The Morgan fingerprint density at radius 1 is 1.19 bits per heavy atom. The zero-order chi connectivity index (χ0) is 15.1. The van der Waals surface area contributed by atoms with E-state index in [0.29, 0.717) is 10.4 Å². The Balaban J connectivity index is 2.20. The maximum Gasteiger partial charge on any atom is 0.180 e. The van der Waals surface area contributed by atoms with Gasteiger partial charge in [-0.3, -0.25) is 0 Å². The van der Waals surface area contributed by atoms with Gasteiger partial charge in [0.05, 0.1) is 6.20 Å². The number of nitrogens with zero attached hydrogens (tertiary/aromatic N) is 1. The van der Waals surface area contributed by atoms with Crippen LogP contribution in [-0.4, -0.2) is 8.53 Å². The third-order valence-electron chi connectivity index (χ3n) is 3.18. The van der Waals surface area contributed by atoms with Crippen molar-refractivity contribution in [3.63, 3.8) is 0 Å². The van der Waals surface area contributed by atoms with Crippen LogP contribution in [0.3, 0.4) is 0 Å². The number of hydrogen-bond acceptors (Lipinski definition) is 1. The lowest BCUT2D eigenvalue weighted by Crippen LogP contribution is -2.12. The van der Waals surface area contributed by atoms with Gasteiger partial charge in [-0.1, -0.05) is 29.3 Å². The summed E-state index contributed by atoms with van der Waals surface area (Å²) in [4.78, 5) is 0.630. The molecule has 0 aliphatic carbocycles. The smallest absolute Gasteiger partial charge is 0.180 e. The van der Waals surface area contributed by atoms with Crippen LogP contribution in [0.5, 0.6) is 0 Å². The predicted molar refractivity (Wildman–Crippen MR) is 87.6 cm³/mol. The minimum atomic E-state index is -1.49. The van der Waals surface area contributed by atoms with Crippen molar-refractivity contribution in [3.8, 4) is 0 Å². The van der Waals surface area contributed by atoms with Crippen molar-refractivity contribution in [2.24, 2.45) is 0 Å². The monoisotopic (exact) mass is 385 g/mol. The standard InChI is InChI=1S/C15H10BrClFNOS/c1-9-2-4-10(5-3-9)21(20)19-8-12(16)11-6-7-13(18)14(17)15(11)19/h2-8H,1H3. The normalized spacial score (nSPS) is 12.8. The van der Waals surface area contributed by atoms with Gasteiger partial charge >= 0.3 is 0 Å². The largest absolute Gasteiger partial charge is 0.587 e. The summed E-state index contributed by atoms with van der Waals surface area (Å²) in [5.74, 6) is -0.531. The number of hydrogen-bond donors (Lipinski definition) is 0. The van der Waals surface area contributed by atoms with Crippen LogP contribution in [0, 0.1) is 12.7 Å². The fraction of sp³-hybridized carbons (Fsp3) is 0.0667. The summed E-state index contributed by atoms with van der Waals surface area (Å²) < 4.78 is 28.6. The average molecular weight is 387 g/mol. The van der Waals surface area contributed by atoms with Crippen LogP contribution in [0.1, 0.15) is 5.56 Å². The first-order valence-electron chi connectivity index (χ1n) is 6.12. The molecule has 3 rings (SSSR count). The fourth-order valence-corrected chi connectivity index (χ4v) is 4.20. The lowest BCUT2D eigenvalue weighted by molar-refractivity contribution is 0.587. The molecule has 3 aromatic rings. The Kier molecular flexibility index (Phi) is 4.01. The molecule has 0 aliphatic rings. The summed E-state index contributed by atoms with van der Waals surface area (Å²) in [6.07, 6.45) is 1.66. The highest BCUT2D eigenvalue weighted by Crippen LogP contribution is 2.35. The molecule has 0 saturated heterocycles. The first-order valence-corrected chi connectivity index (χ1v) is 8.40. The predicted octanol–water partition coefficient (Wildman–Crippen LogP) is 5.08. The molecule has 0 amide bonds. The van der Waals surface area contributed by atoms with E-state index in [0.717, 1.165) is 15.4 Å². The molecule has 1 unspecified atom stereocenters. The van der Waals surface area contributed by atoms with E-state index in [1.54, 1.807) is 24.4 Å². The second kappa shape index (κ2) is 5.65. The molecule has 0 radical (unpaired) electrons. The van der Waals surface area contributed by atoms with Crippen molar-refractivity contribution in [1.82, 2.24) is 3.97 Å². The van der Waals surface area contributed by atoms with Crippen LogP contribution in [0.15, 0.2) is 52.0 Å². The van der Waals surface area contributed by atoms with Crippen molar-refractivity contribution in [2.75, 3.05) is 0 Å². The van der Waals surface area contributed by atoms with Crippen LogP contribution >= 0.6 is 27.5 Å². The van der Waals surface area contributed by atoms with E-state index in [1.165, 1.54) is 10.0 Å². The molecule has 0 aliphatic heterocycles. The van der Waals surface area contributed by atoms with Crippen LogP contribution in [0.25, 0.3) is 10.9 Å². The maximum atomic E-state index is 13.7. The minimum absolute atomic E-state index is 0.0290. The second-order valence-electron chi connectivity index (χ2n) is 4.62. The molecule has 0 fully saturated rings. The van der Waals surface area contributed by atoms with Crippen LogP contribution in [0.2, 0.25) is 5.02 Å². The summed E-state index contributed by atoms with van der Waals surface area (Å²) >= 11 is 7.95. The Bertz CT molecular complexity index is 819. The second-order valence-corrected chi connectivity index (χ2v) is 7.22. The fourth-order valence-electron chi connectivity index (χ4n) is 2.08. The summed E-state index contributed by atoms with van der Waals surface area (Å²) in [5.41, 5.74) is 1.50. The number of benzene rings is 2. The molecule has 6 heteroatoms. The van der Waals surface area contributed by atoms with Gasteiger partial charge in [-0.15, -0.1) is 0 Å². The van der Waals surface area contributed by atoms with Gasteiger partial charge in [0.25, 0.3) is 0 Å². The van der Waals surface area contributed by atoms with E-state index in [2.05, 4.69) is 15.9 Å². The Labute approximate surface area is 138 Å². The van der Waals surface area contributed by atoms with Gasteiger partial charge in [0.2, 0.25) is 0 Å². The topological polar surface area (TPSA) is 28.0 Å². The summed E-state index contributed by atoms with van der Waals surface area (Å²) in [6.45, 7) is 1.96. The lowest BCUT2D eigenvalue weighted by Gasteiger charge is -2.12. The number of fused-ring (bicyclic) bond motifs is 1. The van der Waals surface area contributed by atoms with Crippen molar-refractivity contribution < 1.29 is 8.94 Å². The summed E-state index contributed by atoms with van der Waals surface area (Å²) in [7, 11) is 0. The molecule has 1 aromatic heterocycles. The highest BCUT2D eigenvalue weighted by Gasteiger charge is 2.22. The number of aromatic nitrogens is 1. The molecule has 108 valence electrons. The van der Waals surface area contributed by atoms with Gasteiger partial charge in [-0.25, -0.2) is 4.39 Å². The lowest BCUT2D eigenvalue weighted by atomic mass is 10.2. The molecular weight excluding hydrogens is 377 g/mol. The SMILES string of the molecule is Cc1ccc([S+]([O-])n2cc(Br)c3ccc(F)c(Cl)c32)cc1. The molecule has 0 spiro atoms. The third-order valence-corrected chi connectivity index (χ3v) is 5.49. The van der Waals surface area contributed by atoms with E-state index in [4.69, 9.17) is 11.6 Å². The molecule has 0 N–H and O–H groups in total. The first-order chi connectivity index (χ1) is 9.99. The van der Waals surface area contributed by atoms with Gasteiger partial charge < -0.3 is 4.55 Å². The molecular formula is C15H10BrClFNOS. The molecule has 2 nitrogen and oxygen atoms in total. The van der Waals surface area contributed by atoms with Gasteiger partial charge in [0.1, 0.15) is 27.7 Å². The summed E-state index contributed by atoms with van der Waals surface area (Å²) in [6, 6.07) is 10.3. The molecule has 2 aromatic carbocycles. The number of rotatable bonds is 2. The average Bonchev–Trinajstić information content (AvgIpc) is 2.81. The summed E-state index contributed by atoms with van der Waals surface area (Å²) in [5, 5.41) is 0.695. The Morgan fingerprint density at radius 2 is 1.86 bits per heavy atom. The number of aryl methyl sites for hydroxylation is 1. The van der Waals surface area contributed by atoms with E-state index in [9.17, 15) is 8.94 Å². The van der Waals surface area contributed by atoms with Gasteiger partial charge in [0, 0.05) is 9.86 Å². The highest BCUT2D eigenvalue weighted by molar-refractivity contribution is 9.10. The Morgan fingerprint density at radius 3 is 2.52 bits per heavy atom. The van der Waals surface area contributed by atoms with E-state index in [-0.39, 0.29) is 5.02 Å². The van der Waals surface area contributed by atoms with Gasteiger partial charge in [0.15, 0.2) is 4.90 Å². The molecule has 1 atom stereocenters. The van der Waals surface area contributed by atoms with Crippen LogP contribution in [0.4, 0.5) is 4.39 Å². The van der Waals surface area contributed by atoms with Crippen LogP contribution in [-0.2, 0) is 11.4 Å². The quantitative estimate of drug-likeness (QED) is 0.565. The third kappa shape index (κ3) is 2.59. The molecule has 0 bridgehead atoms. The van der Waals surface area contributed by atoms with E-state index in [1.807, 2.05) is 19.1 Å². The highest BCUT2D eigenvalue weighted by atomic mass is 79.9. The number of halogens is 3. The van der Waals surface area contributed by atoms with Crippen LogP contribution < -0.4 is 0 Å². The zero-order valence-electron chi connectivity index (χ0n) is 10.9. The van der Waals surface area contributed by atoms with Crippen molar-refractivity contribution in [2.45, 2.75) is 11.8 Å². The van der Waals surface area contributed by atoms with Crippen molar-refractivity contribution in [3.05, 3.63) is 63.5 Å². The minimum Gasteiger partial charge on any atom is -0.587 e. The van der Waals surface area contributed by atoms with Crippen molar-refractivity contribution >= 4 is 49.8 Å². The van der Waals surface area contributed by atoms with Gasteiger partial charge in [-0.2, -0.15) is 3.97 Å². The molecule has 0 saturated carbocycles. The zero-order valence-corrected chi connectivity index (χ0v) is 14.1. The van der Waals surface area contributed by atoms with Crippen molar-refractivity contribution in [1.29, 1.82) is 0 Å². The Hall–Kier alpha value is -1.01.